The topological polar surface area (TPSA) is 37.4 Å². The molecular formula is C14H12BrClFNO2S. The summed E-state index contributed by atoms with van der Waals surface area (Å²) in [4.78, 5) is -0.237. The first-order chi connectivity index (χ1) is 9.82. The summed E-state index contributed by atoms with van der Waals surface area (Å²) in [7, 11) is -2.44. The van der Waals surface area contributed by atoms with Gasteiger partial charge < -0.3 is 0 Å². The Bertz CT molecular complexity index is 767. The molecule has 2 aromatic carbocycles. The van der Waals surface area contributed by atoms with Crippen LogP contribution in [0.4, 0.5) is 4.39 Å². The van der Waals surface area contributed by atoms with E-state index in [1.807, 2.05) is 24.3 Å². The quantitative estimate of drug-likeness (QED) is 0.787. The van der Waals surface area contributed by atoms with Gasteiger partial charge in [-0.2, -0.15) is 4.31 Å². The van der Waals surface area contributed by atoms with Gasteiger partial charge in [-0.25, -0.2) is 12.8 Å². The second kappa shape index (κ2) is 6.44. The second-order valence-corrected chi connectivity index (χ2v) is 7.70. The molecule has 112 valence electrons. The van der Waals surface area contributed by atoms with Gasteiger partial charge in [0.2, 0.25) is 10.0 Å². The third-order valence-corrected chi connectivity index (χ3v) is 5.99. The van der Waals surface area contributed by atoms with Gasteiger partial charge in [-0.3, -0.25) is 0 Å². The van der Waals surface area contributed by atoms with Crippen LogP contribution in [0, 0.1) is 5.82 Å². The van der Waals surface area contributed by atoms with Crippen LogP contribution in [0.3, 0.4) is 0 Å². The zero-order chi connectivity index (χ0) is 15.6. The van der Waals surface area contributed by atoms with Crippen molar-refractivity contribution >= 4 is 37.6 Å². The van der Waals surface area contributed by atoms with Crippen LogP contribution in [-0.2, 0) is 16.6 Å². The summed E-state index contributed by atoms with van der Waals surface area (Å²) >= 11 is 9.24. The molecule has 0 aliphatic rings. The van der Waals surface area contributed by atoms with Crippen molar-refractivity contribution in [3.05, 3.63) is 63.3 Å². The van der Waals surface area contributed by atoms with E-state index in [4.69, 9.17) is 11.6 Å². The number of sulfonamides is 1. The maximum atomic E-state index is 13.3. The van der Waals surface area contributed by atoms with Crippen molar-refractivity contribution in [3.8, 4) is 0 Å². The SMILES string of the molecule is CN(Cc1ccccc1Br)S(=O)(=O)c1cc(F)ccc1Cl. The second-order valence-electron chi connectivity index (χ2n) is 4.43. The number of rotatable bonds is 4. The number of benzene rings is 2. The Kier molecular flexibility index (Phi) is 5.03. The highest BCUT2D eigenvalue weighted by atomic mass is 79.9. The fourth-order valence-electron chi connectivity index (χ4n) is 1.79. The molecule has 0 heterocycles. The molecule has 0 aliphatic carbocycles. The van der Waals surface area contributed by atoms with Crippen LogP contribution in [0.1, 0.15) is 5.56 Å². The molecule has 0 bridgehead atoms. The van der Waals surface area contributed by atoms with E-state index in [1.165, 1.54) is 13.1 Å². The van der Waals surface area contributed by atoms with E-state index in [0.29, 0.717) is 0 Å². The Morgan fingerprint density at radius 2 is 1.90 bits per heavy atom. The number of hydrogen-bond acceptors (Lipinski definition) is 2. The number of halogens is 3. The van der Waals surface area contributed by atoms with Crippen molar-refractivity contribution in [1.82, 2.24) is 4.31 Å². The smallest absolute Gasteiger partial charge is 0.207 e. The van der Waals surface area contributed by atoms with Gasteiger partial charge in [0.1, 0.15) is 10.7 Å². The molecule has 2 rings (SSSR count). The van der Waals surface area contributed by atoms with E-state index in [0.717, 1.165) is 26.5 Å². The number of nitrogens with zero attached hydrogens (tertiary/aromatic N) is 1. The summed E-state index contributed by atoms with van der Waals surface area (Å²) < 4.78 is 40.2. The van der Waals surface area contributed by atoms with E-state index in [9.17, 15) is 12.8 Å². The zero-order valence-electron chi connectivity index (χ0n) is 11.1. The van der Waals surface area contributed by atoms with Crippen LogP contribution in [0.25, 0.3) is 0 Å². The standard InChI is InChI=1S/C14H12BrClFNO2S/c1-18(9-10-4-2-3-5-12(10)15)21(19,20)14-8-11(17)6-7-13(14)16/h2-8H,9H2,1H3. The van der Waals surface area contributed by atoms with Crippen LogP contribution in [-0.4, -0.2) is 19.8 Å². The molecule has 0 aromatic heterocycles. The normalized spacial score (nSPS) is 11.9. The van der Waals surface area contributed by atoms with Crippen LogP contribution in [0.2, 0.25) is 5.02 Å². The van der Waals surface area contributed by atoms with Gasteiger partial charge >= 0.3 is 0 Å². The molecule has 0 radical (unpaired) electrons. The highest BCUT2D eigenvalue weighted by molar-refractivity contribution is 9.10. The van der Waals surface area contributed by atoms with E-state index in [2.05, 4.69) is 15.9 Å². The van der Waals surface area contributed by atoms with Gasteiger partial charge in [-0.15, -0.1) is 0 Å². The molecule has 0 atom stereocenters. The Balaban J connectivity index is 2.35. The molecule has 7 heteroatoms. The molecule has 0 aliphatic heterocycles. The molecule has 3 nitrogen and oxygen atoms in total. The Labute approximate surface area is 136 Å². The first-order valence-electron chi connectivity index (χ1n) is 5.97. The van der Waals surface area contributed by atoms with Gasteiger partial charge in [-0.1, -0.05) is 45.7 Å². The summed E-state index contributed by atoms with van der Waals surface area (Å²) in [6.07, 6.45) is 0. The Morgan fingerprint density at radius 3 is 2.57 bits per heavy atom. The zero-order valence-corrected chi connectivity index (χ0v) is 14.2. The molecule has 0 saturated carbocycles. The molecule has 0 spiro atoms. The third kappa shape index (κ3) is 3.63. The average molecular weight is 393 g/mol. The largest absolute Gasteiger partial charge is 0.244 e. The lowest BCUT2D eigenvalue weighted by atomic mass is 10.2. The lowest BCUT2D eigenvalue weighted by Crippen LogP contribution is -2.27. The minimum absolute atomic E-state index is 0.00428. The predicted molar refractivity (Wildman–Crippen MR) is 84.2 cm³/mol. The first kappa shape index (κ1) is 16.4. The highest BCUT2D eigenvalue weighted by Crippen LogP contribution is 2.27. The van der Waals surface area contributed by atoms with Gasteiger partial charge in [0.15, 0.2) is 0 Å². The van der Waals surface area contributed by atoms with Crippen LogP contribution in [0.5, 0.6) is 0 Å². The lowest BCUT2D eigenvalue weighted by Gasteiger charge is -2.18. The minimum Gasteiger partial charge on any atom is -0.207 e. The predicted octanol–water partition coefficient (Wildman–Crippen LogP) is 4.06. The summed E-state index contributed by atoms with van der Waals surface area (Å²) in [5.41, 5.74) is 0.802. The van der Waals surface area contributed by atoms with Crippen molar-refractivity contribution in [3.63, 3.8) is 0 Å². The van der Waals surface area contributed by atoms with E-state index < -0.39 is 15.8 Å². The average Bonchev–Trinajstić information content (AvgIpc) is 2.43. The monoisotopic (exact) mass is 391 g/mol. The Hall–Kier alpha value is -0.950. The van der Waals surface area contributed by atoms with Crippen molar-refractivity contribution in [1.29, 1.82) is 0 Å². The van der Waals surface area contributed by atoms with Crippen LogP contribution < -0.4 is 0 Å². The van der Waals surface area contributed by atoms with Crippen LogP contribution >= 0.6 is 27.5 Å². The Morgan fingerprint density at radius 1 is 1.24 bits per heavy atom. The molecule has 0 unspecified atom stereocenters. The fraction of sp³-hybridized carbons (Fsp3) is 0.143. The third-order valence-electron chi connectivity index (χ3n) is 2.93. The van der Waals surface area contributed by atoms with Gasteiger partial charge in [0.25, 0.3) is 0 Å². The number of hydrogen-bond donors (Lipinski definition) is 0. The minimum atomic E-state index is -3.87. The van der Waals surface area contributed by atoms with E-state index in [-0.39, 0.29) is 16.5 Å². The van der Waals surface area contributed by atoms with Gasteiger partial charge in [0.05, 0.1) is 5.02 Å². The summed E-state index contributed by atoms with van der Waals surface area (Å²) in [5, 5.41) is -0.00428. The molecule has 0 amide bonds. The molecular weight excluding hydrogens is 381 g/mol. The van der Waals surface area contributed by atoms with E-state index >= 15 is 0 Å². The van der Waals surface area contributed by atoms with Gasteiger partial charge in [0, 0.05) is 18.1 Å². The van der Waals surface area contributed by atoms with Crippen molar-refractivity contribution in [2.75, 3.05) is 7.05 Å². The molecule has 2 aromatic rings. The summed E-state index contributed by atoms with van der Waals surface area (Å²) in [6, 6.07) is 10.6. The van der Waals surface area contributed by atoms with Crippen molar-refractivity contribution in [2.45, 2.75) is 11.4 Å². The van der Waals surface area contributed by atoms with Crippen molar-refractivity contribution in [2.24, 2.45) is 0 Å². The maximum Gasteiger partial charge on any atom is 0.244 e. The van der Waals surface area contributed by atoms with Gasteiger partial charge in [-0.05, 0) is 29.8 Å². The fourth-order valence-corrected chi connectivity index (χ4v) is 3.84. The molecule has 0 fully saturated rings. The molecule has 21 heavy (non-hydrogen) atoms. The first-order valence-corrected chi connectivity index (χ1v) is 8.58. The molecule has 0 saturated heterocycles. The summed E-state index contributed by atoms with van der Waals surface area (Å²) in [6.45, 7) is 0.149. The lowest BCUT2D eigenvalue weighted by molar-refractivity contribution is 0.465. The van der Waals surface area contributed by atoms with E-state index in [1.54, 1.807) is 0 Å². The van der Waals surface area contributed by atoms with Crippen LogP contribution in [0.15, 0.2) is 51.8 Å². The summed E-state index contributed by atoms with van der Waals surface area (Å²) in [5.74, 6) is -0.646. The maximum absolute atomic E-state index is 13.3. The van der Waals surface area contributed by atoms with Crippen molar-refractivity contribution < 1.29 is 12.8 Å². The highest BCUT2D eigenvalue weighted by Gasteiger charge is 2.24. The molecule has 0 N–H and O–H groups in total.